The van der Waals surface area contributed by atoms with E-state index in [0.717, 1.165) is 37.0 Å². The van der Waals surface area contributed by atoms with Gasteiger partial charge in [0, 0.05) is 38.1 Å². The Balaban J connectivity index is 1.20. The van der Waals surface area contributed by atoms with Gasteiger partial charge in [0.2, 0.25) is 5.91 Å². The van der Waals surface area contributed by atoms with Gasteiger partial charge in [0.25, 0.3) is 11.5 Å². The second-order valence-corrected chi connectivity index (χ2v) is 12.1. The Morgan fingerprint density at radius 1 is 0.914 bits per heavy atom. The Bertz CT molecular complexity index is 1190. The molecule has 0 atom stereocenters. The van der Waals surface area contributed by atoms with Gasteiger partial charge >= 0.3 is 0 Å². The van der Waals surface area contributed by atoms with E-state index in [4.69, 9.17) is 0 Å². The molecule has 1 aromatic carbocycles. The SMILES string of the molecule is CC(C)Cn1nc(C(=O)N2CCN(C(=O)C34CC5CC(CC(C5)C3)C4)CC2)c2ccccc2c1=O. The van der Waals surface area contributed by atoms with Crippen molar-refractivity contribution in [3.63, 3.8) is 0 Å². The lowest BCUT2D eigenvalue weighted by molar-refractivity contribution is -0.159. The molecule has 186 valence electrons. The lowest BCUT2D eigenvalue weighted by atomic mass is 9.49. The Hall–Kier alpha value is -2.70. The van der Waals surface area contributed by atoms with Crippen LogP contribution in [0, 0.1) is 29.1 Å². The van der Waals surface area contributed by atoms with Gasteiger partial charge in [-0.2, -0.15) is 5.10 Å². The van der Waals surface area contributed by atoms with Crippen molar-refractivity contribution in [3.05, 3.63) is 40.3 Å². The number of amides is 2. The molecule has 7 nitrogen and oxygen atoms in total. The third-order valence-electron chi connectivity index (χ3n) is 8.95. The summed E-state index contributed by atoms with van der Waals surface area (Å²) < 4.78 is 1.44. The van der Waals surface area contributed by atoms with Gasteiger partial charge in [-0.3, -0.25) is 14.4 Å². The number of piperazine rings is 1. The maximum absolute atomic E-state index is 13.7. The predicted octanol–water partition coefficient (Wildman–Crippen LogP) is 3.55. The molecule has 1 aromatic heterocycles. The Morgan fingerprint density at radius 2 is 1.46 bits per heavy atom. The van der Waals surface area contributed by atoms with Crippen molar-refractivity contribution in [2.75, 3.05) is 26.2 Å². The summed E-state index contributed by atoms with van der Waals surface area (Å²) in [5, 5.41) is 5.66. The second kappa shape index (κ2) is 8.45. The summed E-state index contributed by atoms with van der Waals surface area (Å²) in [7, 11) is 0. The molecule has 0 radical (unpaired) electrons. The van der Waals surface area contributed by atoms with Crippen LogP contribution in [-0.2, 0) is 11.3 Å². The zero-order valence-corrected chi connectivity index (χ0v) is 20.9. The van der Waals surface area contributed by atoms with Crippen molar-refractivity contribution in [2.45, 2.75) is 58.9 Å². The molecule has 4 saturated carbocycles. The number of benzene rings is 1. The van der Waals surface area contributed by atoms with Crippen LogP contribution in [0.15, 0.2) is 29.1 Å². The highest BCUT2D eigenvalue weighted by molar-refractivity contribution is 6.04. The van der Waals surface area contributed by atoms with Crippen molar-refractivity contribution >= 4 is 22.6 Å². The molecule has 7 heteroatoms. The highest BCUT2D eigenvalue weighted by Crippen LogP contribution is 2.60. The number of hydrogen-bond acceptors (Lipinski definition) is 4. The van der Waals surface area contributed by atoms with Crippen LogP contribution in [0.1, 0.15) is 62.9 Å². The third-order valence-corrected chi connectivity index (χ3v) is 8.95. The maximum Gasteiger partial charge on any atom is 0.275 e. The molecule has 5 aliphatic rings. The van der Waals surface area contributed by atoms with E-state index < -0.39 is 0 Å². The molecule has 35 heavy (non-hydrogen) atoms. The number of rotatable bonds is 4. The molecular formula is C28H36N4O3. The molecular weight excluding hydrogens is 440 g/mol. The minimum absolute atomic E-state index is 0.134. The van der Waals surface area contributed by atoms with Gasteiger partial charge in [-0.05, 0) is 68.3 Å². The summed E-state index contributed by atoms with van der Waals surface area (Å²) in [4.78, 5) is 44.1. The topological polar surface area (TPSA) is 75.5 Å². The minimum Gasteiger partial charge on any atom is -0.339 e. The van der Waals surface area contributed by atoms with Crippen LogP contribution in [0.4, 0.5) is 0 Å². The monoisotopic (exact) mass is 476 g/mol. The van der Waals surface area contributed by atoms with Crippen LogP contribution in [0.2, 0.25) is 0 Å². The number of nitrogens with zero attached hydrogens (tertiary/aromatic N) is 4. The molecule has 2 aromatic rings. The summed E-state index contributed by atoms with van der Waals surface area (Å²) in [6, 6.07) is 7.25. The van der Waals surface area contributed by atoms with Crippen molar-refractivity contribution < 1.29 is 9.59 Å². The van der Waals surface area contributed by atoms with Crippen LogP contribution in [0.3, 0.4) is 0 Å². The zero-order valence-electron chi connectivity index (χ0n) is 20.9. The summed E-state index contributed by atoms with van der Waals surface area (Å²) in [5.41, 5.74) is 0.0453. The predicted molar refractivity (Wildman–Crippen MR) is 134 cm³/mol. The van der Waals surface area contributed by atoms with E-state index in [2.05, 4.69) is 5.10 Å². The highest BCUT2D eigenvalue weighted by Gasteiger charge is 2.55. The van der Waals surface area contributed by atoms with E-state index in [1.165, 1.54) is 23.9 Å². The van der Waals surface area contributed by atoms with Crippen LogP contribution in [0.5, 0.6) is 0 Å². The van der Waals surface area contributed by atoms with Gasteiger partial charge in [-0.25, -0.2) is 4.68 Å². The third kappa shape index (κ3) is 3.87. The van der Waals surface area contributed by atoms with Crippen LogP contribution >= 0.6 is 0 Å². The molecule has 2 amide bonds. The Kier molecular flexibility index (Phi) is 5.49. The van der Waals surface area contributed by atoms with E-state index in [1.807, 2.05) is 41.8 Å². The first-order valence-corrected chi connectivity index (χ1v) is 13.4. The first kappa shape index (κ1) is 22.7. The van der Waals surface area contributed by atoms with Gasteiger partial charge in [-0.1, -0.05) is 32.0 Å². The molecule has 7 rings (SSSR count). The molecule has 4 aliphatic carbocycles. The first-order chi connectivity index (χ1) is 16.8. The average Bonchev–Trinajstić information content (AvgIpc) is 2.84. The van der Waals surface area contributed by atoms with E-state index >= 15 is 0 Å². The van der Waals surface area contributed by atoms with E-state index in [9.17, 15) is 14.4 Å². The lowest BCUT2D eigenvalue weighted by Crippen LogP contribution is -2.58. The number of hydrogen-bond donors (Lipinski definition) is 0. The fourth-order valence-electron chi connectivity index (χ4n) is 7.83. The summed E-state index contributed by atoms with van der Waals surface area (Å²) in [6.45, 7) is 6.71. The fraction of sp³-hybridized carbons (Fsp3) is 0.643. The Morgan fingerprint density at radius 3 is 2.03 bits per heavy atom. The van der Waals surface area contributed by atoms with Crippen molar-refractivity contribution in [1.29, 1.82) is 0 Å². The van der Waals surface area contributed by atoms with Gasteiger partial charge in [0.1, 0.15) is 0 Å². The summed E-state index contributed by atoms with van der Waals surface area (Å²) in [6.07, 6.45) is 7.21. The number of aromatic nitrogens is 2. The van der Waals surface area contributed by atoms with Gasteiger partial charge < -0.3 is 9.80 Å². The molecule has 0 N–H and O–H groups in total. The van der Waals surface area contributed by atoms with Crippen LogP contribution in [-0.4, -0.2) is 57.6 Å². The molecule has 0 unspecified atom stereocenters. The molecule has 2 heterocycles. The highest BCUT2D eigenvalue weighted by atomic mass is 16.2. The largest absolute Gasteiger partial charge is 0.339 e. The van der Waals surface area contributed by atoms with Gasteiger partial charge in [0.05, 0.1) is 10.8 Å². The Labute approximate surface area is 206 Å². The average molecular weight is 477 g/mol. The molecule has 1 aliphatic heterocycles. The molecule has 0 spiro atoms. The fourth-order valence-corrected chi connectivity index (χ4v) is 7.83. The smallest absolute Gasteiger partial charge is 0.275 e. The number of fused-ring (bicyclic) bond motifs is 1. The molecule has 5 fully saturated rings. The van der Waals surface area contributed by atoms with E-state index in [1.54, 1.807) is 6.07 Å². The molecule has 4 bridgehead atoms. The number of carbonyl (C=O) groups excluding carboxylic acids is 2. The van der Waals surface area contributed by atoms with Gasteiger partial charge in [0.15, 0.2) is 5.69 Å². The van der Waals surface area contributed by atoms with Crippen LogP contribution < -0.4 is 5.56 Å². The van der Waals surface area contributed by atoms with Crippen molar-refractivity contribution in [3.8, 4) is 0 Å². The first-order valence-electron chi connectivity index (χ1n) is 13.4. The number of carbonyl (C=O) groups is 2. The van der Waals surface area contributed by atoms with E-state index in [-0.39, 0.29) is 22.8 Å². The van der Waals surface area contributed by atoms with Crippen molar-refractivity contribution in [1.82, 2.24) is 19.6 Å². The second-order valence-electron chi connectivity index (χ2n) is 12.1. The van der Waals surface area contributed by atoms with Crippen molar-refractivity contribution in [2.24, 2.45) is 29.1 Å². The zero-order chi connectivity index (χ0) is 24.3. The molecule has 1 saturated heterocycles. The lowest BCUT2D eigenvalue weighted by Gasteiger charge is -2.57. The van der Waals surface area contributed by atoms with E-state index in [0.29, 0.717) is 55.1 Å². The maximum atomic E-state index is 13.7. The van der Waals surface area contributed by atoms with Crippen LogP contribution in [0.25, 0.3) is 10.8 Å². The standard InChI is InChI=1S/C28H36N4O3/c1-18(2)17-32-25(33)23-6-4-3-5-22(23)24(29-32)26(34)30-7-9-31(10-8-30)27(35)28-14-19-11-20(15-28)13-21(12-19)16-28/h3-6,18-21H,7-17H2,1-2H3. The quantitative estimate of drug-likeness (QED) is 0.676. The summed E-state index contributed by atoms with van der Waals surface area (Å²) in [5.74, 6) is 2.67. The van der Waals surface area contributed by atoms with Gasteiger partial charge in [-0.15, -0.1) is 0 Å². The normalized spacial score (nSPS) is 29.9. The summed E-state index contributed by atoms with van der Waals surface area (Å²) >= 11 is 0. The minimum atomic E-state index is -0.156.